The number of aliphatic imine (C=N–C) groups is 1. The molecule has 0 saturated heterocycles. The first kappa shape index (κ1) is 19.1. The minimum absolute atomic E-state index is 0. The number of guanidine groups is 1. The number of aromatic nitrogens is 1. The molecule has 1 saturated carbocycles. The van der Waals surface area contributed by atoms with Crippen LogP contribution in [0.15, 0.2) is 34.8 Å². The lowest BCUT2D eigenvalue weighted by atomic mass is 9.96. The van der Waals surface area contributed by atoms with Crippen molar-refractivity contribution in [3.63, 3.8) is 0 Å². The fourth-order valence-electron chi connectivity index (χ4n) is 2.67. The summed E-state index contributed by atoms with van der Waals surface area (Å²) in [6, 6.07) is 6.93. The number of hydrogen-bond donors (Lipinski definition) is 2. The zero-order valence-electron chi connectivity index (χ0n) is 13.8. The van der Waals surface area contributed by atoms with Gasteiger partial charge in [-0.25, -0.2) is 9.37 Å². The fourth-order valence-corrected chi connectivity index (χ4v) is 3.39. The Labute approximate surface area is 163 Å². The van der Waals surface area contributed by atoms with Crippen molar-refractivity contribution in [2.45, 2.75) is 31.7 Å². The molecule has 0 amide bonds. The molecule has 3 rings (SSSR count). The second kappa shape index (κ2) is 8.24. The third-order valence-corrected chi connectivity index (χ3v) is 5.30. The summed E-state index contributed by atoms with van der Waals surface area (Å²) in [5.41, 5.74) is 4.02. The van der Waals surface area contributed by atoms with Crippen LogP contribution in [-0.4, -0.2) is 24.5 Å². The zero-order valence-corrected chi connectivity index (χ0v) is 17.0. The highest BCUT2D eigenvalue weighted by atomic mass is 127. The smallest absolute Gasteiger partial charge is 0.191 e. The van der Waals surface area contributed by atoms with Gasteiger partial charge in [0.2, 0.25) is 0 Å². The number of halogens is 2. The fraction of sp³-hybridized carbons (Fsp3) is 0.412. The Morgan fingerprint density at radius 3 is 2.75 bits per heavy atom. The SMILES string of the molecule is CN=C(NCc1scnc1C)NCC1(c2cccc(F)c2)CC1.I. The van der Waals surface area contributed by atoms with Crippen LogP contribution in [-0.2, 0) is 12.0 Å². The van der Waals surface area contributed by atoms with E-state index < -0.39 is 0 Å². The molecule has 1 heterocycles. The number of nitrogens with zero attached hydrogens (tertiary/aromatic N) is 2. The van der Waals surface area contributed by atoms with Crippen molar-refractivity contribution in [2.24, 2.45) is 4.99 Å². The molecule has 2 N–H and O–H groups in total. The van der Waals surface area contributed by atoms with Gasteiger partial charge < -0.3 is 10.6 Å². The van der Waals surface area contributed by atoms with Crippen LogP contribution in [0.1, 0.15) is 29.0 Å². The van der Waals surface area contributed by atoms with Gasteiger partial charge in [-0.15, -0.1) is 35.3 Å². The highest BCUT2D eigenvalue weighted by Crippen LogP contribution is 2.47. The average Bonchev–Trinajstić information content (AvgIpc) is 3.24. The lowest BCUT2D eigenvalue weighted by Gasteiger charge is -2.19. The number of thiazole rings is 1. The van der Waals surface area contributed by atoms with Crippen molar-refractivity contribution in [2.75, 3.05) is 13.6 Å². The van der Waals surface area contributed by atoms with Gasteiger partial charge in [0.15, 0.2) is 5.96 Å². The third-order valence-electron chi connectivity index (χ3n) is 4.37. The number of hydrogen-bond acceptors (Lipinski definition) is 3. The molecular weight excluding hydrogens is 438 g/mol. The Balaban J connectivity index is 0.00000208. The van der Waals surface area contributed by atoms with Crippen molar-refractivity contribution < 1.29 is 4.39 Å². The zero-order chi connectivity index (χ0) is 16.3. The summed E-state index contributed by atoms with van der Waals surface area (Å²) in [5, 5.41) is 6.68. The summed E-state index contributed by atoms with van der Waals surface area (Å²) in [4.78, 5) is 9.72. The number of nitrogens with one attached hydrogen (secondary N) is 2. The van der Waals surface area contributed by atoms with E-state index in [0.717, 1.165) is 36.6 Å². The molecule has 1 aromatic heterocycles. The van der Waals surface area contributed by atoms with E-state index in [1.165, 1.54) is 10.9 Å². The van der Waals surface area contributed by atoms with Gasteiger partial charge in [0, 0.05) is 23.9 Å². The van der Waals surface area contributed by atoms with Crippen LogP contribution in [0.3, 0.4) is 0 Å². The molecule has 24 heavy (non-hydrogen) atoms. The van der Waals surface area contributed by atoms with E-state index >= 15 is 0 Å². The molecule has 130 valence electrons. The monoisotopic (exact) mass is 460 g/mol. The Hall–Kier alpha value is -1.22. The molecule has 0 aliphatic heterocycles. The standard InChI is InChI=1S/C17H21FN4S.HI/c1-12-15(23-11-22-12)9-20-16(19-2)21-10-17(6-7-17)13-4-3-5-14(18)8-13;/h3-5,8,11H,6-7,9-10H2,1-2H3,(H2,19,20,21);1H. The van der Waals surface area contributed by atoms with E-state index in [0.29, 0.717) is 6.54 Å². The van der Waals surface area contributed by atoms with Crippen LogP contribution in [0, 0.1) is 12.7 Å². The van der Waals surface area contributed by atoms with E-state index in [4.69, 9.17) is 0 Å². The molecule has 0 unspecified atom stereocenters. The van der Waals surface area contributed by atoms with E-state index in [-0.39, 0.29) is 35.2 Å². The second-order valence-electron chi connectivity index (χ2n) is 5.93. The predicted octanol–water partition coefficient (Wildman–Crippen LogP) is 3.61. The summed E-state index contributed by atoms with van der Waals surface area (Å²) in [6.45, 7) is 3.48. The van der Waals surface area contributed by atoms with Crippen molar-refractivity contribution in [1.82, 2.24) is 15.6 Å². The average molecular weight is 460 g/mol. The van der Waals surface area contributed by atoms with E-state index in [1.807, 2.05) is 18.5 Å². The van der Waals surface area contributed by atoms with E-state index in [2.05, 4.69) is 20.6 Å². The molecule has 1 aliphatic carbocycles. The summed E-state index contributed by atoms with van der Waals surface area (Å²) in [6.07, 6.45) is 2.16. The summed E-state index contributed by atoms with van der Waals surface area (Å²) in [7, 11) is 1.76. The normalized spacial score (nSPS) is 15.5. The first-order valence-electron chi connectivity index (χ1n) is 7.72. The maximum absolute atomic E-state index is 13.4. The molecule has 7 heteroatoms. The van der Waals surface area contributed by atoms with Gasteiger partial charge in [-0.1, -0.05) is 12.1 Å². The summed E-state index contributed by atoms with van der Waals surface area (Å²) in [5.74, 6) is 0.595. The quantitative estimate of drug-likeness (QED) is 0.407. The van der Waals surface area contributed by atoms with Crippen LogP contribution in [0.25, 0.3) is 0 Å². The van der Waals surface area contributed by atoms with Crippen LogP contribution >= 0.6 is 35.3 Å². The predicted molar refractivity (Wildman–Crippen MR) is 108 cm³/mol. The lowest BCUT2D eigenvalue weighted by Crippen LogP contribution is -2.40. The van der Waals surface area contributed by atoms with Crippen LogP contribution in [0.5, 0.6) is 0 Å². The Morgan fingerprint density at radius 1 is 1.38 bits per heavy atom. The van der Waals surface area contributed by atoms with Crippen LogP contribution in [0.2, 0.25) is 0 Å². The molecule has 1 fully saturated rings. The minimum Gasteiger partial charge on any atom is -0.356 e. The number of benzene rings is 1. The Kier molecular flexibility index (Phi) is 6.56. The molecular formula is C17H22FIN4S. The van der Waals surface area contributed by atoms with Crippen LogP contribution < -0.4 is 10.6 Å². The van der Waals surface area contributed by atoms with Gasteiger partial charge in [-0.05, 0) is 37.5 Å². The molecule has 0 bridgehead atoms. The topological polar surface area (TPSA) is 49.3 Å². The van der Waals surface area contributed by atoms with Crippen molar-refractivity contribution in [1.29, 1.82) is 0 Å². The van der Waals surface area contributed by atoms with Crippen molar-refractivity contribution in [3.05, 3.63) is 51.7 Å². The van der Waals surface area contributed by atoms with Crippen molar-refractivity contribution >= 4 is 41.3 Å². The second-order valence-corrected chi connectivity index (χ2v) is 6.87. The molecule has 0 radical (unpaired) electrons. The molecule has 2 aromatic rings. The summed E-state index contributed by atoms with van der Waals surface area (Å²) < 4.78 is 13.4. The maximum Gasteiger partial charge on any atom is 0.191 e. The molecule has 0 spiro atoms. The van der Waals surface area contributed by atoms with Gasteiger partial charge in [0.25, 0.3) is 0 Å². The number of aryl methyl sites for hydroxylation is 1. The molecule has 1 aromatic carbocycles. The lowest BCUT2D eigenvalue weighted by molar-refractivity contribution is 0.607. The molecule has 4 nitrogen and oxygen atoms in total. The minimum atomic E-state index is -0.169. The van der Waals surface area contributed by atoms with Gasteiger partial charge in [-0.2, -0.15) is 0 Å². The van der Waals surface area contributed by atoms with Gasteiger partial charge in [-0.3, -0.25) is 4.99 Å². The van der Waals surface area contributed by atoms with E-state index in [9.17, 15) is 4.39 Å². The first-order chi connectivity index (χ1) is 11.1. The van der Waals surface area contributed by atoms with Crippen LogP contribution in [0.4, 0.5) is 4.39 Å². The maximum atomic E-state index is 13.4. The first-order valence-corrected chi connectivity index (χ1v) is 8.60. The Morgan fingerprint density at radius 2 is 2.17 bits per heavy atom. The highest BCUT2D eigenvalue weighted by molar-refractivity contribution is 14.0. The van der Waals surface area contributed by atoms with Gasteiger partial charge >= 0.3 is 0 Å². The van der Waals surface area contributed by atoms with Gasteiger partial charge in [0.05, 0.1) is 17.7 Å². The third kappa shape index (κ3) is 4.44. The Bertz CT molecular complexity index is 712. The number of rotatable bonds is 5. The highest BCUT2D eigenvalue weighted by Gasteiger charge is 2.44. The molecule has 1 aliphatic rings. The van der Waals surface area contributed by atoms with Crippen molar-refractivity contribution in [3.8, 4) is 0 Å². The van der Waals surface area contributed by atoms with E-state index in [1.54, 1.807) is 30.5 Å². The van der Waals surface area contributed by atoms with Gasteiger partial charge in [0.1, 0.15) is 5.82 Å². The summed E-state index contributed by atoms with van der Waals surface area (Å²) >= 11 is 1.64. The molecule has 0 atom stereocenters. The largest absolute Gasteiger partial charge is 0.356 e.